The summed E-state index contributed by atoms with van der Waals surface area (Å²) in [6.07, 6.45) is 4.90. The Kier molecular flexibility index (Phi) is 8.95. The Labute approximate surface area is 215 Å². The standard InChI is InChI=1S/C24H26Br2ClN3O3/c1-5-7-8-20-29-18-10-9-16(25)12-17(18)24(31)30(20)28-13-15-11-19(32-4)23(22(27)21(15)26)33-14(3)6-2/h9-14H,5-8H2,1-4H3/t14-/m0/s1. The van der Waals surface area contributed by atoms with Gasteiger partial charge in [0.2, 0.25) is 0 Å². The van der Waals surface area contributed by atoms with Crippen LogP contribution in [0.1, 0.15) is 51.4 Å². The van der Waals surface area contributed by atoms with Gasteiger partial charge in [-0.15, -0.1) is 0 Å². The molecule has 0 saturated carbocycles. The average Bonchev–Trinajstić information content (AvgIpc) is 2.81. The minimum atomic E-state index is -0.227. The van der Waals surface area contributed by atoms with E-state index in [4.69, 9.17) is 26.1 Å². The van der Waals surface area contributed by atoms with E-state index < -0.39 is 0 Å². The number of hydrogen-bond donors (Lipinski definition) is 0. The molecule has 1 heterocycles. The minimum absolute atomic E-state index is 0.0227. The highest BCUT2D eigenvalue weighted by Crippen LogP contribution is 2.42. The molecule has 9 heteroatoms. The zero-order valence-electron chi connectivity index (χ0n) is 19.0. The summed E-state index contributed by atoms with van der Waals surface area (Å²) in [5.74, 6) is 1.57. The Bertz CT molecular complexity index is 1240. The van der Waals surface area contributed by atoms with E-state index in [2.05, 4.69) is 43.9 Å². The molecule has 0 saturated heterocycles. The van der Waals surface area contributed by atoms with Crippen LogP contribution in [-0.2, 0) is 6.42 Å². The molecule has 2 aromatic carbocycles. The molecule has 0 amide bonds. The van der Waals surface area contributed by atoms with E-state index in [-0.39, 0.29) is 11.7 Å². The van der Waals surface area contributed by atoms with Gasteiger partial charge in [-0.25, -0.2) is 4.98 Å². The normalized spacial score (nSPS) is 12.5. The summed E-state index contributed by atoms with van der Waals surface area (Å²) < 4.78 is 14.2. The fraction of sp³-hybridized carbons (Fsp3) is 0.375. The van der Waals surface area contributed by atoms with Crippen LogP contribution >= 0.6 is 43.5 Å². The van der Waals surface area contributed by atoms with Gasteiger partial charge >= 0.3 is 0 Å². The van der Waals surface area contributed by atoms with E-state index in [1.165, 1.54) is 4.68 Å². The van der Waals surface area contributed by atoms with Crippen molar-refractivity contribution < 1.29 is 9.47 Å². The smallest absolute Gasteiger partial charge is 0.282 e. The molecule has 0 aliphatic rings. The topological polar surface area (TPSA) is 65.7 Å². The molecule has 3 rings (SSSR count). The highest BCUT2D eigenvalue weighted by atomic mass is 79.9. The van der Waals surface area contributed by atoms with E-state index in [1.54, 1.807) is 25.5 Å². The van der Waals surface area contributed by atoms with Crippen LogP contribution in [0, 0.1) is 0 Å². The molecular formula is C24H26Br2ClN3O3. The van der Waals surface area contributed by atoms with Crippen LogP contribution < -0.4 is 15.0 Å². The Hall–Kier alpha value is -1.90. The molecule has 0 spiro atoms. The number of fused-ring (bicyclic) bond motifs is 1. The van der Waals surface area contributed by atoms with E-state index in [0.717, 1.165) is 23.7 Å². The van der Waals surface area contributed by atoms with Gasteiger partial charge in [0.25, 0.3) is 5.56 Å². The third-order valence-electron chi connectivity index (χ3n) is 5.21. The molecule has 0 aliphatic carbocycles. The van der Waals surface area contributed by atoms with Crippen molar-refractivity contribution in [1.29, 1.82) is 0 Å². The number of aryl methyl sites for hydroxylation is 1. The first kappa shape index (κ1) is 25.7. The predicted octanol–water partition coefficient (Wildman–Crippen LogP) is 6.99. The van der Waals surface area contributed by atoms with Gasteiger partial charge in [-0.1, -0.05) is 47.8 Å². The molecule has 176 valence electrons. The number of halogens is 3. The number of ether oxygens (including phenoxy) is 2. The van der Waals surface area contributed by atoms with Crippen molar-refractivity contribution in [2.24, 2.45) is 5.10 Å². The Morgan fingerprint density at radius 2 is 2.03 bits per heavy atom. The van der Waals surface area contributed by atoms with E-state index >= 15 is 0 Å². The molecule has 0 aliphatic heterocycles. The van der Waals surface area contributed by atoms with Crippen molar-refractivity contribution in [2.45, 2.75) is 52.6 Å². The maximum Gasteiger partial charge on any atom is 0.282 e. The summed E-state index contributed by atoms with van der Waals surface area (Å²) in [6, 6.07) is 7.25. The van der Waals surface area contributed by atoms with Gasteiger partial charge in [0, 0.05) is 20.9 Å². The quantitative estimate of drug-likeness (QED) is 0.249. The number of unbranched alkanes of at least 4 members (excludes halogenated alkanes) is 1. The number of nitrogens with zero attached hydrogens (tertiary/aromatic N) is 3. The van der Waals surface area contributed by atoms with Gasteiger partial charge in [0.1, 0.15) is 10.8 Å². The molecule has 0 fully saturated rings. The largest absolute Gasteiger partial charge is 0.493 e. The van der Waals surface area contributed by atoms with Crippen molar-refractivity contribution >= 4 is 60.6 Å². The summed E-state index contributed by atoms with van der Waals surface area (Å²) in [5.41, 5.74) is 1.07. The average molecular weight is 600 g/mol. The van der Waals surface area contributed by atoms with Crippen molar-refractivity contribution in [3.63, 3.8) is 0 Å². The molecule has 0 bridgehead atoms. The summed E-state index contributed by atoms with van der Waals surface area (Å²) in [4.78, 5) is 18.0. The molecular weight excluding hydrogens is 574 g/mol. The number of hydrogen-bond acceptors (Lipinski definition) is 5. The van der Waals surface area contributed by atoms with Crippen molar-refractivity contribution in [3.8, 4) is 11.5 Å². The second kappa shape index (κ2) is 11.5. The van der Waals surface area contributed by atoms with E-state index in [0.29, 0.717) is 49.7 Å². The molecule has 1 atom stereocenters. The van der Waals surface area contributed by atoms with Gasteiger partial charge in [0.15, 0.2) is 11.5 Å². The zero-order chi connectivity index (χ0) is 24.1. The van der Waals surface area contributed by atoms with Gasteiger partial charge in [-0.05, 0) is 60.0 Å². The Morgan fingerprint density at radius 1 is 1.27 bits per heavy atom. The number of methoxy groups -OCH3 is 1. The summed E-state index contributed by atoms with van der Waals surface area (Å²) >= 11 is 13.6. The maximum atomic E-state index is 13.3. The monoisotopic (exact) mass is 597 g/mol. The molecule has 6 nitrogen and oxygen atoms in total. The highest BCUT2D eigenvalue weighted by Gasteiger charge is 2.19. The Morgan fingerprint density at radius 3 is 2.70 bits per heavy atom. The maximum absolute atomic E-state index is 13.3. The lowest BCUT2D eigenvalue weighted by atomic mass is 10.2. The summed E-state index contributed by atoms with van der Waals surface area (Å²) in [7, 11) is 1.56. The van der Waals surface area contributed by atoms with Crippen LogP contribution in [0.25, 0.3) is 10.9 Å². The van der Waals surface area contributed by atoms with Crippen LogP contribution in [0.5, 0.6) is 11.5 Å². The first-order valence-corrected chi connectivity index (χ1v) is 12.7. The van der Waals surface area contributed by atoms with Crippen molar-refractivity contribution in [3.05, 3.63) is 60.0 Å². The second-order valence-electron chi connectivity index (χ2n) is 7.62. The van der Waals surface area contributed by atoms with Crippen molar-refractivity contribution in [2.75, 3.05) is 7.11 Å². The Balaban J connectivity index is 2.12. The van der Waals surface area contributed by atoms with Gasteiger partial charge in [-0.2, -0.15) is 9.78 Å². The van der Waals surface area contributed by atoms with Gasteiger partial charge < -0.3 is 9.47 Å². The van der Waals surface area contributed by atoms with Crippen LogP contribution in [0.3, 0.4) is 0 Å². The number of aromatic nitrogens is 2. The van der Waals surface area contributed by atoms with Gasteiger partial charge in [0.05, 0.1) is 30.3 Å². The van der Waals surface area contributed by atoms with Crippen LogP contribution in [-0.4, -0.2) is 29.1 Å². The summed E-state index contributed by atoms with van der Waals surface area (Å²) in [6.45, 7) is 6.10. The number of benzene rings is 2. The molecule has 1 aromatic heterocycles. The first-order chi connectivity index (χ1) is 15.8. The van der Waals surface area contributed by atoms with Crippen LogP contribution in [0.15, 0.2) is 43.1 Å². The lowest BCUT2D eigenvalue weighted by Gasteiger charge is -2.18. The molecule has 0 radical (unpaired) electrons. The molecule has 0 N–H and O–H groups in total. The van der Waals surface area contributed by atoms with Crippen LogP contribution in [0.4, 0.5) is 0 Å². The lowest BCUT2D eigenvalue weighted by molar-refractivity contribution is 0.207. The fourth-order valence-corrected chi connectivity index (χ4v) is 4.18. The van der Waals surface area contributed by atoms with E-state index in [1.807, 2.05) is 26.0 Å². The lowest BCUT2D eigenvalue weighted by Crippen LogP contribution is -2.22. The van der Waals surface area contributed by atoms with Gasteiger partial charge in [-0.3, -0.25) is 4.79 Å². The minimum Gasteiger partial charge on any atom is -0.493 e. The molecule has 3 aromatic rings. The zero-order valence-corrected chi connectivity index (χ0v) is 22.9. The molecule has 0 unspecified atom stereocenters. The summed E-state index contributed by atoms with van der Waals surface area (Å²) in [5, 5.41) is 5.39. The highest BCUT2D eigenvalue weighted by molar-refractivity contribution is 9.10. The second-order valence-corrected chi connectivity index (χ2v) is 9.70. The van der Waals surface area contributed by atoms with E-state index in [9.17, 15) is 4.79 Å². The van der Waals surface area contributed by atoms with Crippen LogP contribution in [0.2, 0.25) is 5.02 Å². The first-order valence-electron chi connectivity index (χ1n) is 10.8. The fourth-order valence-electron chi connectivity index (χ4n) is 3.18. The number of rotatable bonds is 9. The third-order valence-corrected chi connectivity index (χ3v) is 7.15. The predicted molar refractivity (Wildman–Crippen MR) is 141 cm³/mol. The van der Waals surface area contributed by atoms with Crippen molar-refractivity contribution in [1.82, 2.24) is 9.66 Å². The SMILES string of the molecule is CCCCc1nc2ccc(Br)cc2c(=O)n1N=Cc1cc(OC)c(O[C@@H](C)CC)c(Cl)c1Br. The molecule has 33 heavy (non-hydrogen) atoms. The third kappa shape index (κ3) is 5.78.